The molecular formula is C26H22FeN7OS3. The molecular weight excluding hydrogens is 578 g/mol. The second-order valence-electron chi connectivity index (χ2n) is 6.13. The fraction of sp³-hybridized carbons (Fsp3) is 0.0769. The topological polar surface area (TPSA) is 136 Å². The van der Waals surface area contributed by atoms with Crippen LogP contribution >= 0.6 is 36.7 Å². The van der Waals surface area contributed by atoms with Crippen molar-refractivity contribution in [3.05, 3.63) is 114 Å². The average Bonchev–Trinajstić information content (AvgIpc) is 2.92. The van der Waals surface area contributed by atoms with E-state index in [1.165, 1.54) is 51.6 Å². The van der Waals surface area contributed by atoms with Crippen molar-refractivity contribution < 1.29 is 21.9 Å². The van der Waals surface area contributed by atoms with Gasteiger partial charge in [0.1, 0.15) is 5.78 Å². The van der Waals surface area contributed by atoms with Gasteiger partial charge in [0.2, 0.25) is 0 Å². The fourth-order valence-corrected chi connectivity index (χ4v) is 2.18. The molecule has 0 aliphatic heterocycles. The summed E-state index contributed by atoms with van der Waals surface area (Å²) in [6, 6.07) is 15.9. The normalized spacial score (nSPS) is 7.42. The molecule has 38 heavy (non-hydrogen) atoms. The Bertz CT molecular complexity index is 1030. The van der Waals surface area contributed by atoms with Gasteiger partial charge in [-0.25, -0.2) is 0 Å². The third-order valence-corrected chi connectivity index (χ3v) is 3.39. The summed E-state index contributed by atoms with van der Waals surface area (Å²) in [5, 5.41) is 25.4. The van der Waals surface area contributed by atoms with E-state index in [1.54, 1.807) is 49.6 Å². The molecule has 8 nitrogen and oxygen atoms in total. The number of thiocarbonyl (C=S) groups is 3. The van der Waals surface area contributed by atoms with Gasteiger partial charge >= 0.3 is 17.1 Å². The number of nitrogens with zero attached hydrogens (tertiary/aromatic N) is 7. The minimum atomic E-state index is 0. The molecule has 193 valence electrons. The van der Waals surface area contributed by atoms with Crippen LogP contribution in [-0.2, 0) is 21.9 Å². The molecule has 0 bridgehead atoms. The number of hydrogen-bond donors (Lipinski definition) is 0. The van der Waals surface area contributed by atoms with E-state index in [0.717, 1.165) is 0 Å². The largest absolute Gasteiger partial charge is 3.00 e. The first kappa shape index (κ1) is 38.7. The molecule has 0 amide bonds. The van der Waals surface area contributed by atoms with E-state index in [4.69, 9.17) is 16.2 Å². The molecule has 4 aromatic heterocycles. The smallest absolute Gasteiger partial charge is 0.753 e. The summed E-state index contributed by atoms with van der Waals surface area (Å²) in [5.74, 6) is 0.167. The maximum absolute atomic E-state index is 9.44. The van der Waals surface area contributed by atoms with Crippen LogP contribution in [0.4, 0.5) is 0 Å². The van der Waals surface area contributed by atoms with Crippen LogP contribution in [-0.4, -0.2) is 41.2 Å². The maximum Gasteiger partial charge on any atom is 3.00 e. The first-order valence-corrected chi connectivity index (χ1v) is 11.3. The van der Waals surface area contributed by atoms with Gasteiger partial charge in [-0.1, -0.05) is 36.7 Å². The van der Waals surface area contributed by atoms with Crippen molar-refractivity contribution in [2.45, 2.75) is 13.8 Å². The van der Waals surface area contributed by atoms with Crippen LogP contribution in [0.15, 0.2) is 98.1 Å². The van der Waals surface area contributed by atoms with Crippen LogP contribution in [0.1, 0.15) is 13.8 Å². The van der Waals surface area contributed by atoms with Gasteiger partial charge in [-0.3, -0.25) is 19.9 Å². The summed E-state index contributed by atoms with van der Waals surface area (Å²) < 4.78 is 0. The van der Waals surface area contributed by atoms with Crippen molar-refractivity contribution in [2.24, 2.45) is 0 Å². The van der Waals surface area contributed by atoms with Gasteiger partial charge in [-0.05, 0) is 84.6 Å². The Hall–Kier alpha value is -3.81. The quantitative estimate of drug-likeness (QED) is 0.138. The summed E-state index contributed by atoms with van der Waals surface area (Å²) in [4.78, 5) is 25.3. The third kappa shape index (κ3) is 23.9. The molecule has 0 atom stereocenters. The van der Waals surface area contributed by atoms with E-state index in [0.29, 0.717) is 0 Å². The number of rotatable bonds is 2. The third-order valence-electron chi connectivity index (χ3n) is 3.39. The summed E-state index contributed by atoms with van der Waals surface area (Å²) in [6.07, 6.45) is 14.3. The SMILES string of the molecule is CC(C)=O.[Fe+3].[N-]=C=S.[N-]=C=S.[N-]=C=S.c1cc(-c2ccncc2)ccn1.c1cc(-c2ccncc2)ccn1. The molecule has 0 saturated carbocycles. The summed E-state index contributed by atoms with van der Waals surface area (Å²) >= 11 is 11.1. The van der Waals surface area contributed by atoms with Gasteiger partial charge in [-0.2, -0.15) is 15.5 Å². The number of Topliss-reactive ketones (excluding diaryl/α,β-unsaturated/α-hetero) is 1. The molecule has 1 radical (unpaired) electrons. The van der Waals surface area contributed by atoms with E-state index >= 15 is 0 Å². The molecule has 0 aliphatic carbocycles. The zero-order valence-corrected chi connectivity index (χ0v) is 23.9. The Labute approximate surface area is 249 Å². The molecule has 0 aromatic carbocycles. The number of hydrogen-bond acceptors (Lipinski definition) is 8. The summed E-state index contributed by atoms with van der Waals surface area (Å²) in [6.45, 7) is 3.06. The van der Waals surface area contributed by atoms with Crippen molar-refractivity contribution >= 4 is 57.9 Å². The predicted octanol–water partition coefficient (Wildman–Crippen LogP) is 6.86. The zero-order valence-electron chi connectivity index (χ0n) is 20.4. The Kier molecular flexibility index (Phi) is 30.0. The number of carbonyl (C=O) groups excluding carboxylic acids is 1. The Morgan fingerprint density at radius 3 is 0.737 bits per heavy atom. The molecule has 4 aromatic rings. The van der Waals surface area contributed by atoms with E-state index in [2.05, 4.69) is 56.6 Å². The van der Waals surface area contributed by atoms with Crippen LogP contribution < -0.4 is 0 Å². The van der Waals surface area contributed by atoms with Crippen LogP contribution in [0.25, 0.3) is 38.5 Å². The minimum absolute atomic E-state index is 0. The molecule has 4 rings (SSSR count). The van der Waals surface area contributed by atoms with E-state index in [1.807, 2.05) is 48.5 Å². The number of ketones is 1. The van der Waals surface area contributed by atoms with Crippen molar-refractivity contribution in [2.75, 3.05) is 0 Å². The maximum atomic E-state index is 9.44. The van der Waals surface area contributed by atoms with E-state index < -0.39 is 0 Å². The first-order valence-electron chi connectivity index (χ1n) is 10.0. The second kappa shape index (κ2) is 29.4. The Balaban J connectivity index is -0.000000441. The van der Waals surface area contributed by atoms with Gasteiger partial charge in [0.15, 0.2) is 0 Å². The standard InChI is InChI=1S/2C10H8N2.C3H6O.3CNS.Fe/c2*1-5-11-6-2-9(1)10-3-7-12-8-4-10;1-3(2)4;3*2-1-3;/h2*1-8H;1-2H3;;;;/q;;;3*-1;+3. The predicted molar refractivity (Wildman–Crippen MR) is 159 cm³/mol. The Morgan fingerprint density at radius 2 is 0.632 bits per heavy atom. The van der Waals surface area contributed by atoms with Gasteiger partial charge < -0.3 is 21.0 Å². The van der Waals surface area contributed by atoms with Crippen LogP contribution in [0, 0.1) is 0 Å². The van der Waals surface area contributed by atoms with Crippen LogP contribution in [0.5, 0.6) is 0 Å². The van der Waals surface area contributed by atoms with Crippen molar-refractivity contribution in [1.82, 2.24) is 19.9 Å². The molecule has 0 N–H and O–H groups in total. The monoisotopic (exact) mass is 600 g/mol. The second-order valence-corrected chi connectivity index (χ2v) is 6.67. The molecule has 0 saturated heterocycles. The first-order chi connectivity index (χ1) is 17.9. The van der Waals surface area contributed by atoms with Gasteiger partial charge in [0.05, 0.1) is 0 Å². The number of carbonyl (C=O) groups is 1. The zero-order chi connectivity index (χ0) is 28.2. The molecule has 0 aliphatic rings. The van der Waals surface area contributed by atoms with E-state index in [-0.39, 0.29) is 22.9 Å². The van der Waals surface area contributed by atoms with Crippen molar-refractivity contribution in [3.63, 3.8) is 0 Å². The molecule has 0 unspecified atom stereocenters. The summed E-state index contributed by atoms with van der Waals surface area (Å²) in [7, 11) is 0. The number of pyridine rings is 4. The number of aromatic nitrogens is 4. The Morgan fingerprint density at radius 1 is 0.526 bits per heavy atom. The van der Waals surface area contributed by atoms with Crippen molar-refractivity contribution in [1.29, 1.82) is 0 Å². The summed E-state index contributed by atoms with van der Waals surface area (Å²) in [5.41, 5.74) is 4.69. The minimum Gasteiger partial charge on any atom is -0.753 e. The molecule has 4 heterocycles. The average molecular weight is 601 g/mol. The number of isothiocyanates is 3. The van der Waals surface area contributed by atoms with Gasteiger partial charge in [-0.15, -0.1) is 0 Å². The van der Waals surface area contributed by atoms with E-state index in [9.17, 15) is 4.79 Å². The fourth-order valence-electron chi connectivity index (χ4n) is 2.18. The van der Waals surface area contributed by atoms with Crippen LogP contribution in [0.3, 0.4) is 0 Å². The van der Waals surface area contributed by atoms with Gasteiger partial charge in [0.25, 0.3) is 0 Å². The molecule has 0 spiro atoms. The molecule has 12 heteroatoms. The molecule has 0 fully saturated rings. The van der Waals surface area contributed by atoms with Gasteiger partial charge in [0, 0.05) is 49.6 Å². The van der Waals surface area contributed by atoms with Crippen LogP contribution in [0.2, 0.25) is 0 Å². The van der Waals surface area contributed by atoms with Crippen molar-refractivity contribution in [3.8, 4) is 22.3 Å².